The summed E-state index contributed by atoms with van der Waals surface area (Å²) in [5.74, 6) is 0.249. The molecule has 64 valence electrons. The summed E-state index contributed by atoms with van der Waals surface area (Å²) in [5, 5.41) is 0. The van der Waals surface area contributed by atoms with Crippen LogP contribution >= 0.6 is 15.9 Å². The van der Waals surface area contributed by atoms with Crippen LogP contribution in [0, 0.1) is 5.82 Å². The number of benzene rings is 1. The molecule has 4 heteroatoms. The fraction of sp³-hybridized carbons (Fsp3) is 0.250. The lowest BCUT2D eigenvalue weighted by Crippen LogP contribution is -2.12. The molecular formula is C8H7BrFNO. The lowest BCUT2D eigenvalue weighted by Gasteiger charge is -2.02. The Morgan fingerprint density at radius 3 is 3.08 bits per heavy atom. The van der Waals surface area contributed by atoms with Gasteiger partial charge in [-0.3, -0.25) is 0 Å². The minimum Gasteiger partial charge on any atom is -0.491 e. The van der Waals surface area contributed by atoms with E-state index in [1.54, 1.807) is 6.07 Å². The van der Waals surface area contributed by atoms with Gasteiger partial charge in [-0.15, -0.1) is 0 Å². The lowest BCUT2D eigenvalue weighted by atomic mass is 10.1. The van der Waals surface area contributed by atoms with Crippen molar-refractivity contribution in [3.63, 3.8) is 0 Å². The zero-order valence-corrected chi connectivity index (χ0v) is 7.77. The van der Waals surface area contributed by atoms with E-state index in [1.165, 1.54) is 6.07 Å². The van der Waals surface area contributed by atoms with Gasteiger partial charge in [-0.2, -0.15) is 0 Å². The van der Waals surface area contributed by atoms with Crippen LogP contribution in [0.4, 0.5) is 4.39 Å². The van der Waals surface area contributed by atoms with Gasteiger partial charge in [0.2, 0.25) is 0 Å². The van der Waals surface area contributed by atoms with Crippen molar-refractivity contribution < 1.29 is 9.13 Å². The first-order valence-electron chi connectivity index (χ1n) is 3.56. The molecule has 0 amide bonds. The molecule has 0 saturated heterocycles. The molecule has 0 unspecified atom stereocenters. The summed E-state index contributed by atoms with van der Waals surface area (Å²) in [6, 6.07) is 2.80. The van der Waals surface area contributed by atoms with Gasteiger partial charge in [0.25, 0.3) is 0 Å². The Kier molecular flexibility index (Phi) is 1.81. The number of fused-ring (bicyclic) bond motifs is 1. The zero-order valence-electron chi connectivity index (χ0n) is 6.18. The van der Waals surface area contributed by atoms with E-state index in [0.717, 1.165) is 0 Å². The van der Waals surface area contributed by atoms with Crippen molar-refractivity contribution >= 4 is 15.9 Å². The van der Waals surface area contributed by atoms with Crippen LogP contribution in [0.15, 0.2) is 16.6 Å². The molecule has 1 aliphatic heterocycles. The second-order valence-corrected chi connectivity index (χ2v) is 3.63. The number of rotatable bonds is 0. The topological polar surface area (TPSA) is 35.2 Å². The van der Waals surface area contributed by atoms with Crippen LogP contribution in [0.25, 0.3) is 0 Å². The van der Waals surface area contributed by atoms with Crippen molar-refractivity contribution in [1.29, 1.82) is 0 Å². The van der Waals surface area contributed by atoms with Crippen LogP contribution in [-0.2, 0) is 0 Å². The van der Waals surface area contributed by atoms with Crippen molar-refractivity contribution in [2.24, 2.45) is 5.73 Å². The molecule has 2 rings (SSSR count). The van der Waals surface area contributed by atoms with Crippen molar-refractivity contribution in [1.82, 2.24) is 0 Å². The predicted molar refractivity (Wildman–Crippen MR) is 46.5 cm³/mol. The number of ether oxygens (including phenoxy) is 1. The standard InChI is InChI=1S/C8H7BrFNO/c9-4-1-5(10)8-6(11)3-12-7(8)2-4/h1-2,6H,3,11H2/t6-/m1/s1. The van der Waals surface area contributed by atoms with Gasteiger partial charge in [0.1, 0.15) is 18.2 Å². The molecule has 1 atom stereocenters. The molecule has 0 radical (unpaired) electrons. The summed E-state index contributed by atoms with van der Waals surface area (Å²) in [6.45, 7) is 0.364. The third-order valence-corrected chi connectivity index (χ3v) is 2.30. The van der Waals surface area contributed by atoms with E-state index >= 15 is 0 Å². The Bertz CT molecular complexity index is 329. The second kappa shape index (κ2) is 2.71. The number of hydrogen-bond acceptors (Lipinski definition) is 2. The Morgan fingerprint density at radius 2 is 2.33 bits per heavy atom. The first-order chi connectivity index (χ1) is 5.68. The quantitative estimate of drug-likeness (QED) is 0.742. The van der Waals surface area contributed by atoms with Gasteiger partial charge < -0.3 is 10.5 Å². The number of halogens is 2. The van der Waals surface area contributed by atoms with Gasteiger partial charge in [-0.1, -0.05) is 15.9 Å². The third kappa shape index (κ3) is 1.11. The molecule has 1 aromatic rings. The van der Waals surface area contributed by atoms with E-state index in [1.807, 2.05) is 0 Å². The first kappa shape index (κ1) is 8.01. The van der Waals surface area contributed by atoms with Crippen LogP contribution in [0.5, 0.6) is 5.75 Å². The second-order valence-electron chi connectivity index (χ2n) is 2.72. The van der Waals surface area contributed by atoms with Gasteiger partial charge >= 0.3 is 0 Å². The van der Waals surface area contributed by atoms with E-state index in [-0.39, 0.29) is 11.9 Å². The highest BCUT2D eigenvalue weighted by atomic mass is 79.9. The molecule has 0 spiro atoms. The van der Waals surface area contributed by atoms with Crippen LogP contribution in [0.1, 0.15) is 11.6 Å². The highest BCUT2D eigenvalue weighted by molar-refractivity contribution is 9.10. The highest BCUT2D eigenvalue weighted by Gasteiger charge is 2.24. The van der Waals surface area contributed by atoms with E-state index in [9.17, 15) is 4.39 Å². The fourth-order valence-electron chi connectivity index (χ4n) is 1.30. The normalized spacial score (nSPS) is 20.4. The maximum absolute atomic E-state index is 13.2. The Balaban J connectivity index is 2.60. The number of hydrogen-bond donors (Lipinski definition) is 1. The van der Waals surface area contributed by atoms with Crippen LogP contribution < -0.4 is 10.5 Å². The molecule has 2 N–H and O–H groups in total. The van der Waals surface area contributed by atoms with Crippen molar-refractivity contribution in [2.45, 2.75) is 6.04 Å². The lowest BCUT2D eigenvalue weighted by molar-refractivity contribution is 0.333. The van der Waals surface area contributed by atoms with Gasteiger partial charge in [0.05, 0.1) is 11.6 Å². The van der Waals surface area contributed by atoms with Crippen LogP contribution in [0.2, 0.25) is 0 Å². The summed E-state index contributed by atoms with van der Waals surface area (Å²) < 4.78 is 19.1. The van der Waals surface area contributed by atoms with E-state index in [2.05, 4.69) is 15.9 Å². The zero-order chi connectivity index (χ0) is 8.72. The average Bonchev–Trinajstić information content (AvgIpc) is 2.31. The highest BCUT2D eigenvalue weighted by Crippen LogP contribution is 2.35. The Hall–Kier alpha value is -0.610. The van der Waals surface area contributed by atoms with Crippen LogP contribution in [0.3, 0.4) is 0 Å². The summed E-state index contributed by atoms with van der Waals surface area (Å²) in [6.07, 6.45) is 0. The summed E-state index contributed by atoms with van der Waals surface area (Å²) in [4.78, 5) is 0. The minimum absolute atomic E-state index is 0.302. The predicted octanol–water partition coefficient (Wildman–Crippen LogP) is 1.98. The minimum atomic E-state index is -0.326. The smallest absolute Gasteiger partial charge is 0.132 e. The summed E-state index contributed by atoms with van der Waals surface area (Å²) in [5.41, 5.74) is 6.10. The molecular weight excluding hydrogens is 225 g/mol. The first-order valence-corrected chi connectivity index (χ1v) is 4.35. The van der Waals surface area contributed by atoms with E-state index in [0.29, 0.717) is 22.4 Å². The SMILES string of the molecule is N[C@@H]1COc2cc(Br)cc(F)c21. The van der Waals surface area contributed by atoms with Gasteiger partial charge in [0.15, 0.2) is 0 Å². The number of nitrogens with two attached hydrogens (primary N) is 1. The molecule has 12 heavy (non-hydrogen) atoms. The van der Waals surface area contributed by atoms with Crippen molar-refractivity contribution in [3.05, 3.63) is 28.0 Å². The molecule has 1 heterocycles. The van der Waals surface area contributed by atoms with Crippen LogP contribution in [-0.4, -0.2) is 6.61 Å². The third-order valence-electron chi connectivity index (χ3n) is 1.85. The Morgan fingerprint density at radius 1 is 1.58 bits per heavy atom. The van der Waals surface area contributed by atoms with E-state index in [4.69, 9.17) is 10.5 Å². The fourth-order valence-corrected chi connectivity index (χ4v) is 1.71. The Labute approximate surface area is 77.6 Å². The molecule has 2 nitrogen and oxygen atoms in total. The molecule has 0 saturated carbocycles. The molecule has 0 aromatic heterocycles. The summed E-state index contributed by atoms with van der Waals surface area (Å²) in [7, 11) is 0. The molecule has 0 aliphatic carbocycles. The monoisotopic (exact) mass is 231 g/mol. The summed E-state index contributed by atoms with van der Waals surface area (Å²) >= 11 is 3.17. The van der Waals surface area contributed by atoms with Gasteiger partial charge in [-0.05, 0) is 12.1 Å². The maximum Gasteiger partial charge on any atom is 0.132 e. The van der Waals surface area contributed by atoms with Crippen molar-refractivity contribution in [2.75, 3.05) is 6.61 Å². The van der Waals surface area contributed by atoms with Gasteiger partial charge in [0, 0.05) is 4.47 Å². The van der Waals surface area contributed by atoms with E-state index < -0.39 is 0 Å². The molecule has 0 fully saturated rings. The molecule has 0 bridgehead atoms. The molecule has 1 aliphatic rings. The molecule has 1 aromatic carbocycles. The van der Waals surface area contributed by atoms with Crippen molar-refractivity contribution in [3.8, 4) is 5.75 Å². The largest absolute Gasteiger partial charge is 0.491 e. The van der Waals surface area contributed by atoms with Gasteiger partial charge in [-0.25, -0.2) is 4.39 Å². The maximum atomic E-state index is 13.2. The average molecular weight is 232 g/mol.